The second-order valence-corrected chi connectivity index (χ2v) is 6.91. The van der Waals surface area contributed by atoms with E-state index in [9.17, 15) is 0 Å². The van der Waals surface area contributed by atoms with E-state index in [4.69, 9.17) is 9.47 Å². The maximum absolute atomic E-state index is 5.45. The summed E-state index contributed by atoms with van der Waals surface area (Å²) in [6.07, 6.45) is 2.67. The first kappa shape index (κ1) is 19.9. The third-order valence-electron chi connectivity index (χ3n) is 4.18. The predicted octanol–water partition coefficient (Wildman–Crippen LogP) is 4.52. The van der Waals surface area contributed by atoms with E-state index in [0.717, 1.165) is 51.8 Å². The van der Waals surface area contributed by atoms with Crippen molar-refractivity contribution in [3.63, 3.8) is 0 Å². The number of benzene rings is 1. The Hall–Kier alpha value is -2.80. The fourth-order valence-corrected chi connectivity index (χ4v) is 3.19. The van der Waals surface area contributed by atoms with E-state index in [-0.39, 0.29) is 0 Å². The fraction of sp³-hybridized carbons (Fsp3) is 0.238. The first-order valence-corrected chi connectivity index (χ1v) is 9.73. The Balaban J connectivity index is 1.61. The molecular weight excluding hydrogens is 420 g/mol. The summed E-state index contributed by atoms with van der Waals surface area (Å²) in [7, 11) is 3.29. The molecule has 0 spiro atoms. The fourth-order valence-electron chi connectivity index (χ4n) is 2.75. The molecule has 2 heterocycles. The Kier molecular flexibility index (Phi) is 7.08. The average molecular weight is 443 g/mol. The zero-order valence-electron chi connectivity index (χ0n) is 15.9. The Labute approximate surface area is 173 Å². The second kappa shape index (κ2) is 9.94. The number of halogens is 1. The molecule has 28 heavy (non-hydrogen) atoms. The quantitative estimate of drug-likeness (QED) is 0.474. The monoisotopic (exact) mass is 442 g/mol. The van der Waals surface area contributed by atoms with Gasteiger partial charge in [0.25, 0.3) is 0 Å². The van der Waals surface area contributed by atoms with Gasteiger partial charge in [-0.3, -0.25) is 4.98 Å². The molecular formula is C21H23BrN4O2. The van der Waals surface area contributed by atoms with Gasteiger partial charge in [0.15, 0.2) is 0 Å². The normalized spacial score (nSPS) is 10.4. The standard InChI is InChI=1S/C21H23BrN4O2/c1-27-18-7-6-15(19(13-18)28-2)14-25-21-12-17(11-20(22)26-21)24-10-8-16-5-3-4-9-23-16/h3-7,9,11-13H,8,10,14H2,1-2H3,(H2,24,25,26). The lowest BCUT2D eigenvalue weighted by atomic mass is 10.2. The third kappa shape index (κ3) is 5.60. The number of methoxy groups -OCH3 is 2. The minimum Gasteiger partial charge on any atom is -0.497 e. The summed E-state index contributed by atoms with van der Waals surface area (Å²) >= 11 is 3.48. The third-order valence-corrected chi connectivity index (χ3v) is 4.59. The number of nitrogens with one attached hydrogen (secondary N) is 2. The van der Waals surface area contributed by atoms with Gasteiger partial charge in [-0.25, -0.2) is 4.98 Å². The molecule has 7 heteroatoms. The van der Waals surface area contributed by atoms with E-state index in [0.29, 0.717) is 6.54 Å². The van der Waals surface area contributed by atoms with Crippen LogP contribution in [-0.4, -0.2) is 30.7 Å². The Morgan fingerprint density at radius 2 is 1.89 bits per heavy atom. The largest absolute Gasteiger partial charge is 0.497 e. The van der Waals surface area contributed by atoms with E-state index in [1.54, 1.807) is 14.2 Å². The van der Waals surface area contributed by atoms with Crippen LogP contribution in [0.2, 0.25) is 0 Å². The smallest absolute Gasteiger partial charge is 0.129 e. The van der Waals surface area contributed by atoms with Crippen molar-refractivity contribution in [3.8, 4) is 11.5 Å². The molecule has 0 amide bonds. The number of rotatable bonds is 9. The van der Waals surface area contributed by atoms with Crippen LogP contribution < -0.4 is 20.1 Å². The zero-order valence-corrected chi connectivity index (χ0v) is 17.5. The Morgan fingerprint density at radius 1 is 1.00 bits per heavy atom. The van der Waals surface area contributed by atoms with Crippen LogP contribution in [0.1, 0.15) is 11.3 Å². The lowest BCUT2D eigenvalue weighted by Gasteiger charge is -2.13. The van der Waals surface area contributed by atoms with Gasteiger partial charge in [0, 0.05) is 54.8 Å². The Bertz CT molecular complexity index is 906. The minimum atomic E-state index is 0.587. The van der Waals surface area contributed by atoms with Gasteiger partial charge in [0.2, 0.25) is 0 Å². The van der Waals surface area contributed by atoms with Gasteiger partial charge in [0.05, 0.1) is 14.2 Å². The number of nitrogens with zero attached hydrogens (tertiary/aromatic N) is 2. The molecule has 0 aliphatic rings. The topological polar surface area (TPSA) is 68.3 Å². The summed E-state index contributed by atoms with van der Waals surface area (Å²) in [5.41, 5.74) is 3.07. The van der Waals surface area contributed by atoms with Crippen LogP contribution in [0, 0.1) is 0 Å². The van der Waals surface area contributed by atoms with Crippen molar-refractivity contribution in [2.24, 2.45) is 0 Å². The van der Waals surface area contributed by atoms with Crippen molar-refractivity contribution >= 4 is 27.4 Å². The number of aromatic nitrogens is 2. The molecule has 0 aliphatic heterocycles. The number of anilines is 2. The second-order valence-electron chi connectivity index (χ2n) is 6.09. The molecule has 2 aromatic heterocycles. The first-order valence-electron chi connectivity index (χ1n) is 8.94. The van der Waals surface area contributed by atoms with Crippen molar-refractivity contribution in [2.75, 3.05) is 31.4 Å². The van der Waals surface area contributed by atoms with E-state index in [1.165, 1.54) is 0 Å². The lowest BCUT2D eigenvalue weighted by Crippen LogP contribution is -2.08. The van der Waals surface area contributed by atoms with Crippen molar-refractivity contribution in [1.29, 1.82) is 0 Å². The number of ether oxygens (including phenoxy) is 2. The van der Waals surface area contributed by atoms with E-state index < -0.39 is 0 Å². The van der Waals surface area contributed by atoms with Crippen molar-refractivity contribution < 1.29 is 9.47 Å². The number of hydrogen-bond donors (Lipinski definition) is 2. The van der Waals surface area contributed by atoms with Crippen molar-refractivity contribution in [1.82, 2.24) is 9.97 Å². The van der Waals surface area contributed by atoms with Gasteiger partial charge < -0.3 is 20.1 Å². The summed E-state index contributed by atoms with van der Waals surface area (Å²) < 4.78 is 11.5. The zero-order chi connectivity index (χ0) is 19.8. The molecule has 0 unspecified atom stereocenters. The van der Waals surface area contributed by atoms with Crippen LogP contribution in [0.4, 0.5) is 11.5 Å². The first-order chi connectivity index (χ1) is 13.7. The maximum Gasteiger partial charge on any atom is 0.129 e. The van der Waals surface area contributed by atoms with E-state index in [1.807, 2.05) is 54.7 Å². The molecule has 0 aliphatic carbocycles. The summed E-state index contributed by atoms with van der Waals surface area (Å²) in [4.78, 5) is 8.83. The molecule has 0 atom stereocenters. The maximum atomic E-state index is 5.45. The van der Waals surface area contributed by atoms with Crippen LogP contribution in [0.5, 0.6) is 11.5 Å². The van der Waals surface area contributed by atoms with E-state index >= 15 is 0 Å². The highest BCUT2D eigenvalue weighted by Crippen LogP contribution is 2.26. The highest BCUT2D eigenvalue weighted by Gasteiger charge is 2.07. The van der Waals surface area contributed by atoms with Crippen LogP contribution >= 0.6 is 15.9 Å². The molecule has 0 saturated heterocycles. The lowest BCUT2D eigenvalue weighted by molar-refractivity contribution is 0.391. The molecule has 0 bridgehead atoms. The highest BCUT2D eigenvalue weighted by molar-refractivity contribution is 9.10. The summed E-state index contributed by atoms with van der Waals surface area (Å²) in [6.45, 7) is 1.38. The SMILES string of the molecule is COc1ccc(CNc2cc(NCCc3ccccn3)cc(Br)n2)c(OC)c1. The van der Waals surface area contributed by atoms with Gasteiger partial charge in [0.1, 0.15) is 21.9 Å². The molecule has 3 aromatic rings. The van der Waals surface area contributed by atoms with Gasteiger partial charge in [-0.2, -0.15) is 0 Å². The molecule has 3 rings (SSSR count). The number of hydrogen-bond acceptors (Lipinski definition) is 6. The van der Waals surface area contributed by atoms with Crippen molar-refractivity contribution in [2.45, 2.75) is 13.0 Å². The van der Waals surface area contributed by atoms with Gasteiger partial charge in [-0.15, -0.1) is 0 Å². The van der Waals surface area contributed by atoms with Gasteiger partial charge >= 0.3 is 0 Å². The molecule has 146 valence electrons. The van der Waals surface area contributed by atoms with Crippen LogP contribution in [0.15, 0.2) is 59.3 Å². The summed E-state index contributed by atoms with van der Waals surface area (Å²) in [6, 6.07) is 15.7. The molecule has 0 radical (unpaired) electrons. The molecule has 0 fully saturated rings. The van der Waals surface area contributed by atoms with Gasteiger partial charge in [-0.1, -0.05) is 6.07 Å². The van der Waals surface area contributed by atoms with Crippen molar-refractivity contribution in [3.05, 3.63) is 70.6 Å². The Morgan fingerprint density at radius 3 is 2.64 bits per heavy atom. The molecule has 2 N–H and O–H groups in total. The molecule has 1 aromatic carbocycles. The number of pyridine rings is 2. The van der Waals surface area contributed by atoms with Gasteiger partial charge in [-0.05, 0) is 46.3 Å². The van der Waals surface area contributed by atoms with Crippen LogP contribution in [-0.2, 0) is 13.0 Å². The minimum absolute atomic E-state index is 0.587. The highest BCUT2D eigenvalue weighted by atomic mass is 79.9. The predicted molar refractivity (Wildman–Crippen MR) is 115 cm³/mol. The molecule has 0 saturated carbocycles. The summed E-state index contributed by atoms with van der Waals surface area (Å²) in [5.74, 6) is 2.31. The van der Waals surface area contributed by atoms with E-state index in [2.05, 4.69) is 36.5 Å². The molecule has 6 nitrogen and oxygen atoms in total. The average Bonchev–Trinajstić information content (AvgIpc) is 2.72. The summed E-state index contributed by atoms with van der Waals surface area (Å²) in [5, 5.41) is 6.77. The van der Waals surface area contributed by atoms with Crippen LogP contribution in [0.25, 0.3) is 0 Å². The van der Waals surface area contributed by atoms with Crippen LogP contribution in [0.3, 0.4) is 0 Å².